The third-order valence-electron chi connectivity index (χ3n) is 7.55. The van der Waals surface area contributed by atoms with Crippen molar-refractivity contribution in [3.63, 3.8) is 0 Å². The second kappa shape index (κ2) is 30.3. The zero-order chi connectivity index (χ0) is 38.7. The van der Waals surface area contributed by atoms with Crippen molar-refractivity contribution in [2.45, 2.75) is 92.5 Å². The largest absolute Gasteiger partial charge is 1.00 e. The fourth-order valence-corrected chi connectivity index (χ4v) is 4.63. The molecule has 0 spiro atoms. The molecule has 53 heavy (non-hydrogen) atoms. The Morgan fingerprint density at radius 1 is 0.981 bits per heavy atom. The van der Waals surface area contributed by atoms with Crippen molar-refractivity contribution in [1.29, 1.82) is 0 Å². The van der Waals surface area contributed by atoms with E-state index in [0.29, 0.717) is 23.5 Å². The van der Waals surface area contributed by atoms with Gasteiger partial charge in [-0.2, -0.15) is 13.3 Å². The van der Waals surface area contributed by atoms with Crippen LogP contribution >= 0.6 is 11.6 Å². The van der Waals surface area contributed by atoms with Gasteiger partial charge < -0.3 is 31.6 Å². The van der Waals surface area contributed by atoms with E-state index < -0.39 is 11.7 Å². The monoisotopic (exact) mass is 778 g/mol. The van der Waals surface area contributed by atoms with E-state index in [2.05, 4.69) is 60.5 Å². The Balaban J connectivity index is 0.000000690. The van der Waals surface area contributed by atoms with Crippen molar-refractivity contribution in [1.82, 2.24) is 25.9 Å². The summed E-state index contributed by atoms with van der Waals surface area (Å²) in [4.78, 5) is 49.0. The van der Waals surface area contributed by atoms with Gasteiger partial charge in [0.2, 0.25) is 18.2 Å². The number of amides is 3. The van der Waals surface area contributed by atoms with E-state index in [0.717, 1.165) is 35.7 Å². The molecule has 1 aliphatic rings. The minimum Gasteiger partial charge on any atom is -0.540 e. The van der Waals surface area contributed by atoms with Crippen molar-refractivity contribution in [2.75, 3.05) is 13.1 Å². The van der Waals surface area contributed by atoms with Crippen LogP contribution < -0.4 is 67.3 Å². The molecule has 0 unspecified atom stereocenters. The average Bonchev–Trinajstić information content (AvgIpc) is 3.52. The Bertz CT molecular complexity index is 1630. The number of rotatable bonds is 11. The van der Waals surface area contributed by atoms with Gasteiger partial charge in [-0.05, 0) is 53.4 Å². The molecule has 4 N–H and O–H groups in total. The van der Waals surface area contributed by atoms with Crippen molar-refractivity contribution >= 4 is 47.0 Å². The molecule has 2 heterocycles. The van der Waals surface area contributed by atoms with Crippen LogP contribution in [0.3, 0.4) is 0 Å². The quantitative estimate of drug-likeness (QED) is 0.0997. The van der Waals surface area contributed by atoms with Crippen LogP contribution in [0.25, 0.3) is 10.9 Å². The third-order valence-corrected chi connectivity index (χ3v) is 7.85. The summed E-state index contributed by atoms with van der Waals surface area (Å²) in [6, 6.07) is 12.6. The number of nitrogens with zero attached hydrogens (tertiary/aromatic N) is 1. The Kier molecular flexibility index (Phi) is 28.6. The molecule has 0 bridgehead atoms. The van der Waals surface area contributed by atoms with Gasteiger partial charge in [-0.15, -0.1) is 6.42 Å². The maximum atomic E-state index is 13.3. The van der Waals surface area contributed by atoms with Gasteiger partial charge in [-0.3, -0.25) is 19.4 Å². The van der Waals surface area contributed by atoms with E-state index in [1.165, 1.54) is 67.3 Å². The maximum Gasteiger partial charge on any atom is 1.00 e. The number of benzene rings is 2. The third kappa shape index (κ3) is 20.9. The van der Waals surface area contributed by atoms with E-state index in [9.17, 15) is 28.0 Å². The first-order valence-corrected chi connectivity index (χ1v) is 17.9. The van der Waals surface area contributed by atoms with Crippen LogP contribution in [-0.2, 0) is 45.0 Å². The van der Waals surface area contributed by atoms with Crippen molar-refractivity contribution in [3.8, 4) is 0 Å². The van der Waals surface area contributed by atoms with Crippen LogP contribution in [-0.4, -0.2) is 47.6 Å². The second-order valence-corrected chi connectivity index (χ2v) is 12.3. The van der Waals surface area contributed by atoms with Crippen molar-refractivity contribution in [2.24, 2.45) is 0 Å². The van der Waals surface area contributed by atoms with E-state index in [1.807, 2.05) is 12.1 Å². The Hall–Kier alpha value is -3.00. The van der Waals surface area contributed by atoms with Crippen LogP contribution in [0, 0.1) is 17.6 Å². The average molecular weight is 779 g/mol. The molecule has 0 saturated carbocycles. The van der Waals surface area contributed by atoms with Crippen LogP contribution in [0.5, 0.6) is 0 Å². The molecular weight excluding hydrogens is 727 g/mol. The number of aromatic nitrogens is 2. The number of fused-ring (bicyclic) bond motifs is 3. The Morgan fingerprint density at radius 3 is 2.21 bits per heavy atom. The number of carbonyl (C=O) groups is 3. The molecule has 3 amide bonds. The maximum absolute atomic E-state index is 13.3. The molecule has 5 rings (SSSR count). The molecule has 2 aromatic carbocycles. The number of hydrogen-bond donors (Lipinski definition) is 4. The van der Waals surface area contributed by atoms with Gasteiger partial charge in [0.15, 0.2) is 0 Å². The molecule has 13 heteroatoms. The zero-order valence-corrected chi connectivity index (χ0v) is 35.7. The van der Waals surface area contributed by atoms with Gasteiger partial charge >= 0.3 is 51.4 Å². The SMILES string of the molecule is CCCC.CCCC.C[C-]1CCc2[nH]c3c(Cl)cc(F)cc3c2C1.O=CNCC(=O)NCc1ccncc1.O=[C-]CNC(=O)Cc1ccccc1F.[K+]. The molecule has 0 saturated heterocycles. The molecule has 0 radical (unpaired) electrons. The van der Waals surface area contributed by atoms with Crippen LogP contribution in [0.15, 0.2) is 60.9 Å². The predicted octanol–water partition coefficient (Wildman–Crippen LogP) is 4.70. The van der Waals surface area contributed by atoms with Crippen molar-refractivity contribution < 1.29 is 79.3 Å². The van der Waals surface area contributed by atoms with E-state index in [1.54, 1.807) is 30.6 Å². The first kappa shape index (κ1) is 50.0. The summed E-state index contributed by atoms with van der Waals surface area (Å²) in [5.74, 6) is 0.168. The summed E-state index contributed by atoms with van der Waals surface area (Å²) in [6.07, 6.45) is 13.6. The zero-order valence-electron chi connectivity index (χ0n) is 31.8. The Morgan fingerprint density at radius 2 is 1.62 bits per heavy atom. The molecule has 2 aromatic heterocycles. The summed E-state index contributed by atoms with van der Waals surface area (Å²) >= 11 is 6.04. The summed E-state index contributed by atoms with van der Waals surface area (Å²) in [5, 5.41) is 8.62. The molecule has 1 aliphatic carbocycles. The fraction of sp³-hybridized carbons (Fsp3) is 0.400. The van der Waals surface area contributed by atoms with Crippen LogP contribution in [0.1, 0.15) is 89.1 Å². The summed E-state index contributed by atoms with van der Waals surface area (Å²) in [6.45, 7) is 11.2. The number of nitrogens with one attached hydrogen (secondary N) is 4. The van der Waals surface area contributed by atoms with Gasteiger partial charge in [0, 0.05) is 30.0 Å². The number of aryl methyl sites for hydroxylation is 1. The number of carbonyl (C=O) groups excluding carboxylic acids is 4. The van der Waals surface area contributed by atoms with Gasteiger partial charge in [-0.1, -0.05) is 89.7 Å². The van der Waals surface area contributed by atoms with E-state index in [4.69, 9.17) is 11.6 Å². The minimum absolute atomic E-state index is 0. The molecule has 0 atom stereocenters. The van der Waals surface area contributed by atoms with E-state index in [-0.39, 0.29) is 82.6 Å². The molecule has 0 aliphatic heterocycles. The molecule has 4 aromatic rings. The normalized spacial score (nSPS) is 11.1. The number of aromatic amines is 1. The van der Waals surface area contributed by atoms with Gasteiger partial charge in [-0.25, -0.2) is 15.1 Å². The van der Waals surface area contributed by atoms with Gasteiger partial charge in [0.05, 0.1) is 23.5 Å². The number of pyridine rings is 1. The minimum atomic E-state index is -0.419. The number of hydrogen-bond acceptors (Lipinski definition) is 5. The van der Waals surface area contributed by atoms with Crippen LogP contribution in [0.2, 0.25) is 5.02 Å². The number of halogens is 3. The summed E-state index contributed by atoms with van der Waals surface area (Å²) in [7, 11) is 0. The standard InChI is InChI=1S/C13H12ClFN.C10H9FNO2.C9H11N3O2.2C4H10.K/c1-7-2-3-12-9(4-7)10-5-8(15)6-11(14)13(10)16-12;11-9-4-2-1-3-8(9)7-10(14)12-5-6-13;13-7-11-6-9(14)12-5-8-1-3-10-4-2-8;2*1-3-4-2;/h5-6,16H,2-4H2,1H3;1-4H,5,7H2,(H,12,14);1-4,7H,5-6H2,(H,11,13)(H,12,14);2*3-4H2,1-2H3;/q2*-1;;;;+1. The second-order valence-electron chi connectivity index (χ2n) is 11.8. The Labute approximate surface area is 360 Å². The van der Waals surface area contributed by atoms with Crippen molar-refractivity contribution in [3.05, 3.63) is 106 Å². The first-order chi connectivity index (χ1) is 25.0. The smallest absolute Gasteiger partial charge is 0.540 e. The first-order valence-electron chi connectivity index (χ1n) is 17.5. The molecule has 9 nitrogen and oxygen atoms in total. The van der Waals surface area contributed by atoms with Gasteiger partial charge in [0.25, 0.3) is 0 Å². The van der Waals surface area contributed by atoms with Crippen LogP contribution in [0.4, 0.5) is 8.78 Å². The predicted molar refractivity (Wildman–Crippen MR) is 204 cm³/mol. The molecular formula is C40H52ClF2KN5O4-. The topological polar surface area (TPSA) is 133 Å². The number of H-pyrrole nitrogens is 1. The molecule has 0 fully saturated rings. The summed E-state index contributed by atoms with van der Waals surface area (Å²) in [5.41, 5.74) is 4.60. The fourth-order valence-electron chi connectivity index (χ4n) is 4.38. The molecule has 284 valence electrons. The van der Waals surface area contributed by atoms with Gasteiger partial charge in [0.1, 0.15) is 11.6 Å². The summed E-state index contributed by atoms with van der Waals surface area (Å²) < 4.78 is 26.4. The van der Waals surface area contributed by atoms with E-state index >= 15 is 0 Å². The number of unbranched alkanes of at least 4 members (excludes halogenated alkanes) is 2.